The Morgan fingerprint density at radius 1 is 1.56 bits per heavy atom. The minimum Gasteiger partial charge on any atom is -0.464 e. The van der Waals surface area contributed by atoms with Crippen molar-refractivity contribution in [2.45, 2.75) is 6.92 Å². The molecule has 0 aromatic carbocycles. The molecule has 6 nitrogen and oxygen atoms in total. The third kappa shape index (κ3) is 1.69. The molecule has 0 fully saturated rings. The van der Waals surface area contributed by atoms with Crippen molar-refractivity contribution < 1.29 is 9.53 Å². The van der Waals surface area contributed by atoms with Gasteiger partial charge in [0, 0.05) is 13.2 Å². The van der Waals surface area contributed by atoms with E-state index in [9.17, 15) is 4.79 Å². The first-order valence-corrected chi connectivity index (χ1v) is 4.75. The van der Waals surface area contributed by atoms with E-state index in [2.05, 4.69) is 19.8 Å². The fraction of sp³-hybridized carbons (Fsp3) is 0.300. The van der Waals surface area contributed by atoms with E-state index < -0.39 is 5.97 Å². The summed E-state index contributed by atoms with van der Waals surface area (Å²) in [6.07, 6.45) is 3.29. The van der Waals surface area contributed by atoms with Crippen molar-refractivity contribution in [2.24, 2.45) is 7.05 Å². The SMILES string of the molecule is COC(=O)c1cnc(-c2cn(C)nc2C)[nH]1. The number of nitrogens with zero attached hydrogens (tertiary/aromatic N) is 3. The topological polar surface area (TPSA) is 72.8 Å². The first kappa shape index (κ1) is 10.4. The Labute approximate surface area is 92.3 Å². The molecule has 2 rings (SSSR count). The molecule has 2 aromatic rings. The first-order valence-electron chi connectivity index (χ1n) is 4.75. The number of carbonyl (C=O) groups is 1. The second-order valence-corrected chi connectivity index (χ2v) is 3.44. The molecule has 0 aliphatic carbocycles. The first-order chi connectivity index (χ1) is 7.61. The highest BCUT2D eigenvalue weighted by Gasteiger charge is 2.13. The predicted molar refractivity (Wildman–Crippen MR) is 56.9 cm³/mol. The zero-order chi connectivity index (χ0) is 11.7. The summed E-state index contributed by atoms with van der Waals surface area (Å²) in [6.45, 7) is 1.88. The van der Waals surface area contributed by atoms with Gasteiger partial charge in [0.1, 0.15) is 11.5 Å². The molecule has 1 N–H and O–H groups in total. The summed E-state index contributed by atoms with van der Waals surface area (Å²) >= 11 is 0. The number of imidazole rings is 1. The van der Waals surface area contributed by atoms with E-state index in [1.165, 1.54) is 13.3 Å². The molecule has 0 saturated carbocycles. The number of hydrogen-bond donors (Lipinski definition) is 1. The highest BCUT2D eigenvalue weighted by molar-refractivity contribution is 5.87. The third-order valence-electron chi connectivity index (χ3n) is 2.25. The number of methoxy groups -OCH3 is 1. The van der Waals surface area contributed by atoms with Crippen LogP contribution in [0.4, 0.5) is 0 Å². The van der Waals surface area contributed by atoms with Crippen LogP contribution in [0.15, 0.2) is 12.4 Å². The number of rotatable bonds is 2. The molecule has 0 amide bonds. The van der Waals surface area contributed by atoms with Crippen molar-refractivity contribution in [3.63, 3.8) is 0 Å². The van der Waals surface area contributed by atoms with Crippen molar-refractivity contribution in [1.82, 2.24) is 19.7 Å². The molecule has 0 aliphatic heterocycles. The number of carbonyl (C=O) groups excluding carboxylic acids is 1. The number of aryl methyl sites for hydroxylation is 2. The van der Waals surface area contributed by atoms with Crippen LogP contribution in [0, 0.1) is 6.92 Å². The van der Waals surface area contributed by atoms with E-state index in [0.717, 1.165) is 11.3 Å². The molecule has 0 bridgehead atoms. The molecular weight excluding hydrogens is 208 g/mol. The van der Waals surface area contributed by atoms with Gasteiger partial charge in [-0.1, -0.05) is 0 Å². The van der Waals surface area contributed by atoms with Crippen LogP contribution >= 0.6 is 0 Å². The van der Waals surface area contributed by atoms with Crippen LogP contribution in [0.2, 0.25) is 0 Å². The smallest absolute Gasteiger partial charge is 0.356 e. The Bertz CT molecular complexity index is 527. The molecule has 2 heterocycles. The summed E-state index contributed by atoms with van der Waals surface area (Å²) in [7, 11) is 3.17. The van der Waals surface area contributed by atoms with Gasteiger partial charge < -0.3 is 9.72 Å². The zero-order valence-electron chi connectivity index (χ0n) is 9.31. The van der Waals surface area contributed by atoms with Crippen LogP contribution in [0.1, 0.15) is 16.2 Å². The number of hydrogen-bond acceptors (Lipinski definition) is 4. The Hall–Kier alpha value is -2.11. The molecule has 16 heavy (non-hydrogen) atoms. The Morgan fingerprint density at radius 3 is 2.88 bits per heavy atom. The number of aromatic nitrogens is 4. The van der Waals surface area contributed by atoms with E-state index >= 15 is 0 Å². The lowest BCUT2D eigenvalue weighted by atomic mass is 10.2. The maximum Gasteiger partial charge on any atom is 0.356 e. The number of ether oxygens (including phenoxy) is 1. The second-order valence-electron chi connectivity index (χ2n) is 3.44. The largest absolute Gasteiger partial charge is 0.464 e. The predicted octanol–water partition coefficient (Wildman–Crippen LogP) is 0.905. The van der Waals surface area contributed by atoms with Crippen LogP contribution < -0.4 is 0 Å². The molecule has 0 spiro atoms. The lowest BCUT2D eigenvalue weighted by Crippen LogP contribution is -2.00. The Morgan fingerprint density at radius 2 is 2.31 bits per heavy atom. The summed E-state index contributed by atoms with van der Waals surface area (Å²) in [4.78, 5) is 18.2. The van der Waals surface area contributed by atoms with Gasteiger partial charge in [-0.2, -0.15) is 5.10 Å². The quantitative estimate of drug-likeness (QED) is 0.763. The van der Waals surface area contributed by atoms with Crippen LogP contribution in [-0.2, 0) is 11.8 Å². The second kappa shape index (κ2) is 3.80. The van der Waals surface area contributed by atoms with Gasteiger partial charge in [0.05, 0.1) is 24.6 Å². The maximum absolute atomic E-state index is 11.2. The van der Waals surface area contributed by atoms with Gasteiger partial charge in [-0.15, -0.1) is 0 Å². The number of H-pyrrole nitrogens is 1. The minimum absolute atomic E-state index is 0.334. The highest BCUT2D eigenvalue weighted by Crippen LogP contribution is 2.18. The standard InChI is InChI=1S/C10H12N4O2/c1-6-7(5-14(2)13-6)9-11-4-8(12-9)10(15)16-3/h4-5H,1-3H3,(H,11,12). The lowest BCUT2D eigenvalue weighted by molar-refractivity contribution is 0.0595. The van der Waals surface area contributed by atoms with E-state index in [0.29, 0.717) is 11.5 Å². The van der Waals surface area contributed by atoms with Gasteiger partial charge in [0.25, 0.3) is 0 Å². The highest BCUT2D eigenvalue weighted by atomic mass is 16.5. The number of aromatic amines is 1. The van der Waals surface area contributed by atoms with Crippen molar-refractivity contribution in [1.29, 1.82) is 0 Å². The van der Waals surface area contributed by atoms with Gasteiger partial charge >= 0.3 is 5.97 Å². The van der Waals surface area contributed by atoms with Crippen molar-refractivity contribution in [3.05, 3.63) is 23.8 Å². The third-order valence-corrected chi connectivity index (χ3v) is 2.25. The molecule has 84 valence electrons. The monoisotopic (exact) mass is 220 g/mol. The fourth-order valence-corrected chi connectivity index (χ4v) is 1.50. The number of esters is 1. The molecule has 0 aliphatic rings. The molecule has 0 unspecified atom stereocenters. The lowest BCUT2D eigenvalue weighted by Gasteiger charge is -1.93. The van der Waals surface area contributed by atoms with Crippen LogP contribution in [-0.4, -0.2) is 32.8 Å². The van der Waals surface area contributed by atoms with Gasteiger partial charge in [0.2, 0.25) is 0 Å². The van der Waals surface area contributed by atoms with Gasteiger partial charge in [-0.25, -0.2) is 9.78 Å². The zero-order valence-corrected chi connectivity index (χ0v) is 9.31. The van der Waals surface area contributed by atoms with Crippen LogP contribution in [0.5, 0.6) is 0 Å². The molecule has 2 aromatic heterocycles. The summed E-state index contributed by atoms with van der Waals surface area (Å²) in [5, 5.41) is 4.20. The molecule has 0 radical (unpaired) electrons. The average Bonchev–Trinajstić information content (AvgIpc) is 2.83. The van der Waals surface area contributed by atoms with Crippen molar-refractivity contribution >= 4 is 5.97 Å². The summed E-state index contributed by atoms with van der Waals surface area (Å²) in [5.41, 5.74) is 2.06. The summed E-state index contributed by atoms with van der Waals surface area (Å²) < 4.78 is 6.29. The number of nitrogens with one attached hydrogen (secondary N) is 1. The Balaban J connectivity index is 2.38. The van der Waals surface area contributed by atoms with Crippen LogP contribution in [0.3, 0.4) is 0 Å². The molecule has 6 heteroatoms. The van der Waals surface area contributed by atoms with Crippen molar-refractivity contribution in [2.75, 3.05) is 7.11 Å². The van der Waals surface area contributed by atoms with Crippen LogP contribution in [0.25, 0.3) is 11.4 Å². The minimum atomic E-state index is -0.430. The van der Waals surface area contributed by atoms with E-state index in [1.54, 1.807) is 4.68 Å². The average molecular weight is 220 g/mol. The van der Waals surface area contributed by atoms with Crippen molar-refractivity contribution in [3.8, 4) is 11.4 Å². The van der Waals surface area contributed by atoms with E-state index in [-0.39, 0.29) is 0 Å². The molecule has 0 saturated heterocycles. The summed E-state index contributed by atoms with van der Waals surface area (Å²) in [6, 6.07) is 0. The Kier molecular flexibility index (Phi) is 2.47. The fourth-order valence-electron chi connectivity index (χ4n) is 1.50. The summed E-state index contributed by atoms with van der Waals surface area (Å²) in [5.74, 6) is 0.186. The van der Waals surface area contributed by atoms with E-state index in [4.69, 9.17) is 0 Å². The molecule has 0 atom stereocenters. The molecular formula is C10H12N4O2. The van der Waals surface area contributed by atoms with Gasteiger partial charge in [0.15, 0.2) is 0 Å². The van der Waals surface area contributed by atoms with Gasteiger partial charge in [-0.3, -0.25) is 4.68 Å². The van der Waals surface area contributed by atoms with Gasteiger partial charge in [-0.05, 0) is 6.92 Å². The maximum atomic E-state index is 11.2. The van der Waals surface area contributed by atoms with E-state index in [1.807, 2.05) is 20.2 Å². The normalized spacial score (nSPS) is 10.4.